The molecule has 0 saturated heterocycles. The molecule has 3 rings (SSSR count). The number of aromatic nitrogens is 3. The quantitative estimate of drug-likeness (QED) is 0.327. The summed E-state index contributed by atoms with van der Waals surface area (Å²) in [6, 6.07) is 7.22. The van der Waals surface area contributed by atoms with Gasteiger partial charge in [-0.2, -0.15) is 0 Å². The topological polar surface area (TPSA) is 102 Å². The van der Waals surface area contributed by atoms with Gasteiger partial charge in [0.25, 0.3) is 5.69 Å². The second-order valence-corrected chi connectivity index (χ2v) is 5.98. The van der Waals surface area contributed by atoms with Gasteiger partial charge in [-0.1, -0.05) is 23.4 Å². The minimum absolute atomic E-state index is 0.0468. The van der Waals surface area contributed by atoms with Crippen LogP contribution in [0.15, 0.2) is 41.7 Å². The molecule has 1 aromatic carbocycles. The molecule has 1 N–H and O–H groups in total. The van der Waals surface area contributed by atoms with Crippen molar-refractivity contribution < 1.29 is 9.72 Å². The van der Waals surface area contributed by atoms with Crippen molar-refractivity contribution in [2.24, 2.45) is 0 Å². The lowest BCUT2D eigenvalue weighted by atomic mass is 10.1. The van der Waals surface area contributed by atoms with Crippen molar-refractivity contribution in [1.82, 2.24) is 15.0 Å². The number of nitrogens with zero attached hydrogens (tertiary/aromatic N) is 3. The SMILES string of the molecule is O=C(CSc1nc2ncc(Cl)cc2[nH]1)c1ccc([N+](=O)[O-])cc1. The molecule has 9 heteroatoms. The summed E-state index contributed by atoms with van der Waals surface area (Å²) in [6.07, 6.45) is 1.50. The number of aromatic amines is 1. The lowest BCUT2D eigenvalue weighted by Gasteiger charge is -1.99. The zero-order chi connectivity index (χ0) is 16.4. The summed E-state index contributed by atoms with van der Waals surface area (Å²) in [6.45, 7) is 0. The molecule has 0 spiro atoms. The van der Waals surface area contributed by atoms with Crippen molar-refractivity contribution in [2.45, 2.75) is 5.16 Å². The molecule has 7 nitrogen and oxygen atoms in total. The predicted octanol–water partition coefficient (Wildman–Crippen LogP) is 3.49. The summed E-state index contributed by atoms with van der Waals surface area (Å²) >= 11 is 7.08. The Labute approximate surface area is 139 Å². The van der Waals surface area contributed by atoms with Gasteiger partial charge in [0.1, 0.15) is 0 Å². The molecule has 23 heavy (non-hydrogen) atoms. The Hall–Kier alpha value is -2.45. The van der Waals surface area contributed by atoms with Crippen LogP contribution < -0.4 is 0 Å². The van der Waals surface area contributed by atoms with Gasteiger partial charge in [-0.25, -0.2) is 9.97 Å². The van der Waals surface area contributed by atoms with Gasteiger partial charge in [0.05, 0.1) is 21.2 Å². The summed E-state index contributed by atoms with van der Waals surface area (Å²) in [5.74, 6) is 0.0158. The smallest absolute Gasteiger partial charge is 0.269 e. The number of carbonyl (C=O) groups is 1. The van der Waals surface area contributed by atoms with E-state index in [-0.39, 0.29) is 17.2 Å². The fourth-order valence-electron chi connectivity index (χ4n) is 1.91. The number of hydrogen-bond acceptors (Lipinski definition) is 6. The molecule has 3 aromatic rings. The first-order valence-electron chi connectivity index (χ1n) is 6.44. The highest BCUT2D eigenvalue weighted by Gasteiger charge is 2.12. The van der Waals surface area contributed by atoms with E-state index in [1.54, 1.807) is 6.07 Å². The van der Waals surface area contributed by atoms with Crippen LogP contribution in [0.4, 0.5) is 5.69 Å². The van der Waals surface area contributed by atoms with Crippen LogP contribution in [0.5, 0.6) is 0 Å². The Morgan fingerprint density at radius 1 is 1.35 bits per heavy atom. The normalized spacial score (nSPS) is 10.8. The number of non-ortho nitro benzene ring substituents is 1. The van der Waals surface area contributed by atoms with E-state index >= 15 is 0 Å². The number of nitrogens with one attached hydrogen (secondary N) is 1. The lowest BCUT2D eigenvalue weighted by Crippen LogP contribution is -2.02. The van der Waals surface area contributed by atoms with Crippen molar-refractivity contribution in [1.29, 1.82) is 0 Å². The third kappa shape index (κ3) is 3.49. The van der Waals surface area contributed by atoms with E-state index in [1.165, 1.54) is 42.2 Å². The van der Waals surface area contributed by atoms with Crippen LogP contribution in [0.3, 0.4) is 0 Å². The number of carbonyl (C=O) groups excluding carboxylic acids is 1. The van der Waals surface area contributed by atoms with Gasteiger partial charge >= 0.3 is 0 Å². The molecule has 0 bridgehead atoms. The number of benzene rings is 1. The van der Waals surface area contributed by atoms with Crippen LogP contribution in [-0.4, -0.2) is 31.4 Å². The summed E-state index contributed by atoms with van der Waals surface area (Å²) in [4.78, 5) is 33.5. The summed E-state index contributed by atoms with van der Waals surface area (Å²) < 4.78 is 0. The largest absolute Gasteiger partial charge is 0.331 e. The average molecular weight is 349 g/mol. The Bertz CT molecular complexity index is 895. The highest BCUT2D eigenvalue weighted by atomic mass is 35.5. The van der Waals surface area contributed by atoms with Crippen molar-refractivity contribution in [3.05, 3.63) is 57.2 Å². The molecule has 2 heterocycles. The van der Waals surface area contributed by atoms with E-state index in [0.717, 1.165) is 0 Å². The number of pyridine rings is 1. The standard InChI is InChI=1S/C14H9ClN4O3S/c15-9-5-11-13(16-6-9)18-14(17-11)23-7-12(20)8-1-3-10(4-2-8)19(21)22/h1-6H,7H2,(H,16,17,18). The highest BCUT2D eigenvalue weighted by Crippen LogP contribution is 2.21. The number of imidazole rings is 1. The number of nitro benzene ring substituents is 1. The minimum atomic E-state index is -0.504. The van der Waals surface area contributed by atoms with Crippen LogP contribution in [-0.2, 0) is 0 Å². The van der Waals surface area contributed by atoms with Crippen LogP contribution in [0, 0.1) is 10.1 Å². The molecule has 116 valence electrons. The summed E-state index contributed by atoms with van der Waals surface area (Å²) in [5.41, 5.74) is 1.59. The van der Waals surface area contributed by atoms with E-state index in [4.69, 9.17) is 11.6 Å². The Morgan fingerprint density at radius 3 is 2.78 bits per heavy atom. The lowest BCUT2D eigenvalue weighted by molar-refractivity contribution is -0.384. The fourth-order valence-corrected chi connectivity index (χ4v) is 2.83. The predicted molar refractivity (Wildman–Crippen MR) is 87.0 cm³/mol. The number of halogens is 1. The molecular weight excluding hydrogens is 340 g/mol. The summed E-state index contributed by atoms with van der Waals surface area (Å²) in [5, 5.41) is 11.7. The molecule has 0 aliphatic carbocycles. The van der Waals surface area contributed by atoms with E-state index < -0.39 is 4.92 Å². The molecule has 0 aliphatic heterocycles. The molecule has 0 radical (unpaired) electrons. The third-order valence-electron chi connectivity index (χ3n) is 3.02. The molecule has 2 aromatic heterocycles. The van der Waals surface area contributed by atoms with Crippen LogP contribution in [0.2, 0.25) is 5.02 Å². The first-order valence-corrected chi connectivity index (χ1v) is 7.81. The van der Waals surface area contributed by atoms with Crippen LogP contribution >= 0.6 is 23.4 Å². The Kier molecular flexibility index (Phi) is 4.26. The number of thioether (sulfide) groups is 1. The fraction of sp³-hybridized carbons (Fsp3) is 0.0714. The zero-order valence-electron chi connectivity index (χ0n) is 11.5. The molecule has 0 fully saturated rings. The van der Waals surface area contributed by atoms with Crippen molar-refractivity contribution >= 4 is 46.0 Å². The van der Waals surface area contributed by atoms with E-state index in [2.05, 4.69) is 15.0 Å². The number of Topliss-reactive ketones (excluding diaryl/α,β-unsaturated/α-hetero) is 1. The van der Waals surface area contributed by atoms with Crippen molar-refractivity contribution in [2.75, 3.05) is 5.75 Å². The van der Waals surface area contributed by atoms with Gasteiger partial charge in [0, 0.05) is 23.9 Å². The van der Waals surface area contributed by atoms with Gasteiger partial charge < -0.3 is 4.98 Å². The number of rotatable bonds is 5. The Balaban J connectivity index is 1.68. The second kappa shape index (κ2) is 6.35. The second-order valence-electron chi connectivity index (χ2n) is 4.58. The van der Waals surface area contributed by atoms with Gasteiger partial charge in [0.2, 0.25) is 0 Å². The van der Waals surface area contributed by atoms with E-state index in [1.807, 2.05) is 0 Å². The highest BCUT2D eigenvalue weighted by molar-refractivity contribution is 7.99. The molecule has 0 saturated carbocycles. The zero-order valence-corrected chi connectivity index (χ0v) is 13.1. The molecule has 0 aliphatic rings. The van der Waals surface area contributed by atoms with Gasteiger partial charge in [-0.3, -0.25) is 14.9 Å². The minimum Gasteiger partial charge on any atom is -0.331 e. The monoisotopic (exact) mass is 348 g/mol. The average Bonchev–Trinajstić information content (AvgIpc) is 2.94. The van der Waals surface area contributed by atoms with Gasteiger partial charge in [-0.05, 0) is 18.2 Å². The van der Waals surface area contributed by atoms with E-state index in [9.17, 15) is 14.9 Å². The summed E-state index contributed by atoms with van der Waals surface area (Å²) in [7, 11) is 0. The van der Waals surface area contributed by atoms with E-state index in [0.29, 0.717) is 26.9 Å². The van der Waals surface area contributed by atoms with Gasteiger partial charge in [-0.15, -0.1) is 0 Å². The molecule has 0 amide bonds. The maximum absolute atomic E-state index is 12.1. The van der Waals surface area contributed by atoms with Crippen molar-refractivity contribution in [3.8, 4) is 0 Å². The molecule has 0 unspecified atom stereocenters. The number of fused-ring (bicyclic) bond motifs is 1. The number of H-pyrrole nitrogens is 1. The van der Waals surface area contributed by atoms with Gasteiger partial charge in [0.15, 0.2) is 16.6 Å². The molecular formula is C14H9ClN4O3S. The third-order valence-corrected chi connectivity index (χ3v) is 4.10. The van der Waals surface area contributed by atoms with Crippen LogP contribution in [0.25, 0.3) is 11.2 Å². The van der Waals surface area contributed by atoms with Crippen LogP contribution in [0.1, 0.15) is 10.4 Å². The van der Waals surface area contributed by atoms with Crippen molar-refractivity contribution in [3.63, 3.8) is 0 Å². The molecule has 0 atom stereocenters. The maximum atomic E-state index is 12.1. The first kappa shape index (κ1) is 15.4. The number of hydrogen-bond donors (Lipinski definition) is 1. The maximum Gasteiger partial charge on any atom is 0.269 e. The first-order chi connectivity index (χ1) is 11.0. The number of nitro groups is 1. The number of ketones is 1. The Morgan fingerprint density at radius 2 is 2.09 bits per heavy atom.